The Morgan fingerprint density at radius 3 is 2.30 bits per heavy atom. The summed E-state index contributed by atoms with van der Waals surface area (Å²) in [7, 11) is 1.60. The molecule has 240 valence electrons. The van der Waals surface area contributed by atoms with E-state index >= 15 is 0 Å². The largest absolute Gasteiger partial charge is 0.490 e. The van der Waals surface area contributed by atoms with E-state index in [4.69, 9.17) is 19.9 Å². The first-order valence-corrected chi connectivity index (χ1v) is 15.1. The maximum Gasteiger partial charge on any atom is 0.243 e. The van der Waals surface area contributed by atoms with Crippen LogP contribution in [0.2, 0.25) is 0 Å². The number of nitrogens with two attached hydrogens (primary N) is 1. The van der Waals surface area contributed by atoms with Gasteiger partial charge >= 0.3 is 0 Å². The van der Waals surface area contributed by atoms with Gasteiger partial charge in [0, 0.05) is 38.6 Å². The average Bonchev–Trinajstić information content (AvgIpc) is 2.98. The van der Waals surface area contributed by atoms with E-state index in [1.807, 2.05) is 27.7 Å². The topological polar surface area (TPSA) is 112 Å². The molecule has 43 heavy (non-hydrogen) atoms. The zero-order chi connectivity index (χ0) is 31.8. The van der Waals surface area contributed by atoms with E-state index in [0.29, 0.717) is 38.9 Å². The second-order valence-electron chi connectivity index (χ2n) is 11.4. The average molecular weight is 606 g/mol. The SMILES string of the molecule is CCC(C)C(NC(=O)[C@@H](CCC(N)COCc1ccc(F)c(OCCCOC)c1)C(C)C)C(=O)NCc1ccc(F)cc1. The van der Waals surface area contributed by atoms with E-state index in [0.717, 1.165) is 11.1 Å². The Morgan fingerprint density at radius 1 is 0.953 bits per heavy atom. The highest BCUT2D eigenvalue weighted by Gasteiger charge is 2.30. The Balaban J connectivity index is 1.86. The molecule has 0 aromatic heterocycles. The van der Waals surface area contributed by atoms with Gasteiger partial charge in [-0.1, -0.05) is 52.3 Å². The number of hydrogen-bond acceptors (Lipinski definition) is 6. The molecule has 10 heteroatoms. The van der Waals surface area contributed by atoms with Crippen molar-refractivity contribution in [3.05, 3.63) is 65.2 Å². The van der Waals surface area contributed by atoms with Gasteiger partial charge in [-0.2, -0.15) is 0 Å². The molecule has 0 fully saturated rings. The van der Waals surface area contributed by atoms with Crippen LogP contribution in [0.3, 0.4) is 0 Å². The molecular weight excluding hydrogens is 556 g/mol. The number of rotatable bonds is 20. The highest BCUT2D eigenvalue weighted by atomic mass is 19.1. The number of nitrogens with one attached hydrogen (secondary N) is 2. The lowest BCUT2D eigenvalue weighted by atomic mass is 9.88. The first kappa shape index (κ1) is 36.1. The molecule has 0 saturated heterocycles. The fourth-order valence-corrected chi connectivity index (χ4v) is 4.57. The minimum Gasteiger partial charge on any atom is -0.490 e. The molecule has 0 bridgehead atoms. The number of hydrogen-bond donors (Lipinski definition) is 3. The Kier molecular flexibility index (Phi) is 16.2. The Bertz CT molecular complexity index is 1120. The van der Waals surface area contributed by atoms with Crippen LogP contribution in [0.5, 0.6) is 5.75 Å². The third-order valence-corrected chi connectivity index (χ3v) is 7.51. The van der Waals surface area contributed by atoms with Crippen molar-refractivity contribution in [2.24, 2.45) is 23.5 Å². The number of halogens is 2. The van der Waals surface area contributed by atoms with Gasteiger partial charge in [0.25, 0.3) is 0 Å². The van der Waals surface area contributed by atoms with Gasteiger partial charge in [0.2, 0.25) is 11.8 Å². The van der Waals surface area contributed by atoms with Gasteiger partial charge in [-0.25, -0.2) is 8.78 Å². The summed E-state index contributed by atoms with van der Waals surface area (Å²) in [4.78, 5) is 26.4. The fraction of sp³-hybridized carbons (Fsp3) is 0.576. The fourth-order valence-electron chi connectivity index (χ4n) is 4.57. The first-order chi connectivity index (χ1) is 20.5. The van der Waals surface area contributed by atoms with Crippen molar-refractivity contribution in [1.82, 2.24) is 10.6 Å². The molecule has 2 amide bonds. The smallest absolute Gasteiger partial charge is 0.243 e. The van der Waals surface area contributed by atoms with Crippen LogP contribution in [-0.4, -0.2) is 50.8 Å². The van der Waals surface area contributed by atoms with Crippen molar-refractivity contribution < 1.29 is 32.6 Å². The number of carbonyl (C=O) groups is 2. The van der Waals surface area contributed by atoms with Crippen molar-refractivity contribution in [3.8, 4) is 5.75 Å². The Hall–Kier alpha value is -3.08. The van der Waals surface area contributed by atoms with Gasteiger partial charge in [-0.05, 0) is 60.1 Å². The molecule has 4 atom stereocenters. The van der Waals surface area contributed by atoms with Crippen LogP contribution in [0, 0.1) is 29.4 Å². The van der Waals surface area contributed by atoms with Crippen LogP contribution in [0.4, 0.5) is 8.78 Å². The molecule has 0 heterocycles. The molecule has 2 aromatic carbocycles. The third-order valence-electron chi connectivity index (χ3n) is 7.51. The lowest BCUT2D eigenvalue weighted by Crippen LogP contribution is -2.52. The van der Waals surface area contributed by atoms with E-state index in [1.165, 1.54) is 18.2 Å². The van der Waals surface area contributed by atoms with Crippen molar-refractivity contribution in [2.45, 2.75) is 78.6 Å². The summed E-state index contributed by atoms with van der Waals surface area (Å²) in [5.74, 6) is -1.44. The predicted molar refractivity (Wildman–Crippen MR) is 163 cm³/mol. The summed E-state index contributed by atoms with van der Waals surface area (Å²) in [5.41, 5.74) is 7.85. The molecule has 3 unspecified atom stereocenters. The van der Waals surface area contributed by atoms with Crippen molar-refractivity contribution in [2.75, 3.05) is 26.9 Å². The summed E-state index contributed by atoms with van der Waals surface area (Å²) >= 11 is 0. The van der Waals surface area contributed by atoms with Gasteiger partial charge in [0.15, 0.2) is 11.6 Å². The molecule has 0 saturated carbocycles. The minimum absolute atomic E-state index is 0.0366. The van der Waals surface area contributed by atoms with Crippen LogP contribution in [-0.2, 0) is 32.2 Å². The van der Waals surface area contributed by atoms with E-state index in [9.17, 15) is 18.4 Å². The molecule has 4 N–H and O–H groups in total. The van der Waals surface area contributed by atoms with Gasteiger partial charge in [-0.15, -0.1) is 0 Å². The van der Waals surface area contributed by atoms with Crippen molar-refractivity contribution in [1.29, 1.82) is 0 Å². The predicted octanol–water partition coefficient (Wildman–Crippen LogP) is 5.12. The van der Waals surface area contributed by atoms with Gasteiger partial charge < -0.3 is 30.6 Å². The van der Waals surface area contributed by atoms with E-state index in [-0.39, 0.29) is 66.9 Å². The maximum absolute atomic E-state index is 14.1. The zero-order valence-corrected chi connectivity index (χ0v) is 26.2. The number of amides is 2. The molecule has 0 spiro atoms. The van der Waals surface area contributed by atoms with Gasteiger partial charge in [0.05, 0.1) is 19.8 Å². The normalized spacial score (nSPS) is 14.2. The molecule has 0 aliphatic heterocycles. The minimum atomic E-state index is -0.694. The molecule has 2 aromatic rings. The van der Waals surface area contributed by atoms with Crippen molar-refractivity contribution in [3.63, 3.8) is 0 Å². The monoisotopic (exact) mass is 605 g/mol. The summed E-state index contributed by atoms with van der Waals surface area (Å²) < 4.78 is 43.5. The van der Waals surface area contributed by atoms with Gasteiger partial charge in [-0.3, -0.25) is 9.59 Å². The lowest BCUT2D eigenvalue weighted by Gasteiger charge is -2.28. The van der Waals surface area contributed by atoms with E-state index in [1.54, 1.807) is 31.4 Å². The molecule has 2 rings (SSSR count). The van der Waals surface area contributed by atoms with Crippen molar-refractivity contribution >= 4 is 11.8 Å². The second kappa shape index (κ2) is 19.2. The van der Waals surface area contributed by atoms with E-state index in [2.05, 4.69) is 10.6 Å². The zero-order valence-electron chi connectivity index (χ0n) is 26.2. The van der Waals surface area contributed by atoms with E-state index < -0.39 is 11.9 Å². The number of ether oxygens (including phenoxy) is 3. The van der Waals surface area contributed by atoms with Crippen LogP contribution in [0.15, 0.2) is 42.5 Å². The molecule has 8 nitrogen and oxygen atoms in total. The summed E-state index contributed by atoms with van der Waals surface area (Å²) in [6.07, 6.45) is 2.45. The summed E-state index contributed by atoms with van der Waals surface area (Å²) in [5, 5.41) is 5.85. The second-order valence-corrected chi connectivity index (χ2v) is 11.4. The summed E-state index contributed by atoms with van der Waals surface area (Å²) in [6.45, 7) is 9.50. The highest BCUT2D eigenvalue weighted by molar-refractivity contribution is 5.88. The molecule has 0 radical (unpaired) electrons. The molecule has 0 aliphatic rings. The Morgan fingerprint density at radius 2 is 1.65 bits per heavy atom. The number of benzene rings is 2. The van der Waals surface area contributed by atoms with Crippen LogP contribution in [0.25, 0.3) is 0 Å². The number of carbonyl (C=O) groups excluding carboxylic acids is 2. The third kappa shape index (κ3) is 13.0. The standard InChI is InChI=1S/C33H49F2N3O5/c1-6-23(4)31(33(40)37-19-24-8-11-26(34)12-9-24)38-32(39)28(22(2)3)14-13-27(36)21-42-20-25-10-15-29(35)30(18-25)43-17-7-16-41-5/h8-12,15,18,22-23,27-28,31H,6-7,13-14,16-17,19-21,36H2,1-5H3,(H,37,40)(H,38,39)/t23?,27?,28-,31?/m0/s1. The highest BCUT2D eigenvalue weighted by Crippen LogP contribution is 2.22. The number of methoxy groups -OCH3 is 1. The van der Waals surface area contributed by atoms with Crippen LogP contribution < -0.4 is 21.1 Å². The first-order valence-electron chi connectivity index (χ1n) is 15.1. The van der Waals surface area contributed by atoms with Crippen LogP contribution >= 0.6 is 0 Å². The molecular formula is C33H49F2N3O5. The van der Waals surface area contributed by atoms with Crippen LogP contribution in [0.1, 0.15) is 64.5 Å². The van der Waals surface area contributed by atoms with Gasteiger partial charge in [0.1, 0.15) is 11.9 Å². The quantitative estimate of drug-likeness (QED) is 0.181. The lowest BCUT2D eigenvalue weighted by molar-refractivity contribution is -0.133. The maximum atomic E-state index is 14.1. The Labute approximate surface area is 255 Å². The molecule has 0 aliphatic carbocycles. The summed E-state index contributed by atoms with van der Waals surface area (Å²) in [6, 6.07) is 9.55.